The molecule has 7 heteroatoms. The molecule has 3 rings (SSSR count). The minimum atomic E-state index is -0.472. The lowest BCUT2D eigenvalue weighted by Gasteiger charge is -2.17. The van der Waals surface area contributed by atoms with Crippen molar-refractivity contribution in [2.45, 2.75) is 38.1 Å². The molecule has 0 radical (unpaired) electrons. The van der Waals surface area contributed by atoms with Crippen molar-refractivity contribution in [3.8, 4) is 0 Å². The first-order valence-electron chi connectivity index (χ1n) is 8.68. The Morgan fingerprint density at radius 1 is 1.07 bits per heavy atom. The molecule has 140 valence electrons. The molecule has 0 aliphatic carbocycles. The quantitative estimate of drug-likeness (QED) is 0.531. The number of nitrogens with zero attached hydrogens (tertiary/aromatic N) is 3. The Kier molecular flexibility index (Phi) is 5.32. The van der Waals surface area contributed by atoms with Crippen LogP contribution in [0.4, 0.5) is 5.69 Å². The van der Waals surface area contributed by atoms with Crippen LogP contribution in [0.2, 0.25) is 0 Å². The predicted molar refractivity (Wildman–Crippen MR) is 107 cm³/mol. The molecule has 1 aromatic carbocycles. The summed E-state index contributed by atoms with van der Waals surface area (Å²) in [4.78, 5) is 24.8. The number of nitrogens with one attached hydrogen (secondary N) is 1. The molecule has 0 aliphatic rings. The van der Waals surface area contributed by atoms with Crippen LogP contribution in [0.15, 0.2) is 53.8 Å². The first-order valence-corrected chi connectivity index (χ1v) is 9.56. The minimum Gasteiger partial charge on any atom is -0.326 e. The topological polar surface area (TPSA) is 76.4 Å². The number of rotatable bonds is 5. The molecule has 1 N–H and O–H groups in total. The highest BCUT2D eigenvalue weighted by Gasteiger charge is 2.22. The van der Waals surface area contributed by atoms with Crippen LogP contribution in [0.1, 0.15) is 38.1 Å². The summed E-state index contributed by atoms with van der Waals surface area (Å²) in [5.41, 5.74) is 1.55. The number of aromatic nitrogens is 3. The molecule has 2 aromatic heterocycles. The van der Waals surface area contributed by atoms with Crippen molar-refractivity contribution in [3.63, 3.8) is 0 Å². The summed E-state index contributed by atoms with van der Waals surface area (Å²) in [6.45, 7) is 7.42. The maximum Gasteiger partial charge on any atom is 0.229 e. The van der Waals surface area contributed by atoms with Crippen LogP contribution in [0.5, 0.6) is 0 Å². The van der Waals surface area contributed by atoms with Gasteiger partial charge in [0.1, 0.15) is 0 Å². The molecule has 1 amide bonds. The highest BCUT2D eigenvalue weighted by atomic mass is 32.2. The third kappa shape index (κ3) is 4.36. The maximum absolute atomic E-state index is 12.7. The Hall–Kier alpha value is -2.67. The van der Waals surface area contributed by atoms with Gasteiger partial charge in [-0.05, 0) is 43.3 Å². The minimum absolute atomic E-state index is 0.00128. The van der Waals surface area contributed by atoms with Crippen molar-refractivity contribution in [1.29, 1.82) is 0 Å². The molecule has 1 atom stereocenters. The predicted octanol–water partition coefficient (Wildman–Crippen LogP) is 4.08. The second-order valence-electron chi connectivity index (χ2n) is 7.32. The Morgan fingerprint density at radius 3 is 2.44 bits per heavy atom. The van der Waals surface area contributed by atoms with Gasteiger partial charge >= 0.3 is 0 Å². The summed E-state index contributed by atoms with van der Waals surface area (Å²) >= 11 is 1.37. The molecular formula is C20H22N4O2S. The zero-order valence-corrected chi connectivity index (χ0v) is 16.6. The average molecular weight is 382 g/mol. The van der Waals surface area contributed by atoms with Gasteiger partial charge in [0, 0.05) is 22.9 Å². The van der Waals surface area contributed by atoms with Gasteiger partial charge in [0.25, 0.3) is 0 Å². The van der Waals surface area contributed by atoms with Gasteiger partial charge in [-0.25, -0.2) is 0 Å². The molecule has 2 heterocycles. The second-order valence-corrected chi connectivity index (χ2v) is 8.63. The lowest BCUT2D eigenvalue weighted by atomic mass is 9.95. The number of benzene rings is 1. The zero-order valence-electron chi connectivity index (χ0n) is 15.8. The van der Waals surface area contributed by atoms with Crippen LogP contribution >= 0.6 is 11.8 Å². The van der Waals surface area contributed by atoms with Gasteiger partial charge in [0.05, 0.1) is 5.25 Å². The Bertz CT molecular complexity index is 974. The number of ketones is 1. The summed E-state index contributed by atoms with van der Waals surface area (Å²) in [6.07, 6.45) is 1.88. The van der Waals surface area contributed by atoms with Crippen molar-refractivity contribution in [2.24, 2.45) is 5.41 Å². The van der Waals surface area contributed by atoms with E-state index in [4.69, 9.17) is 0 Å². The number of hydrogen-bond donors (Lipinski definition) is 1. The number of amides is 1. The SMILES string of the molecule is C[C@H](Sc1nnc2ccccn12)C(=O)c1ccc(NC(=O)C(C)(C)C)cc1. The Labute approximate surface area is 162 Å². The van der Waals surface area contributed by atoms with E-state index in [9.17, 15) is 9.59 Å². The number of fused-ring (bicyclic) bond motifs is 1. The Morgan fingerprint density at radius 2 is 1.78 bits per heavy atom. The van der Waals surface area contributed by atoms with E-state index < -0.39 is 5.41 Å². The number of carbonyl (C=O) groups is 2. The van der Waals surface area contributed by atoms with Crippen LogP contribution in [-0.4, -0.2) is 31.5 Å². The third-order valence-electron chi connectivity index (χ3n) is 4.04. The lowest BCUT2D eigenvalue weighted by Crippen LogP contribution is -2.27. The van der Waals surface area contributed by atoms with Gasteiger partial charge in [-0.3, -0.25) is 14.0 Å². The fourth-order valence-electron chi connectivity index (χ4n) is 2.38. The van der Waals surface area contributed by atoms with Crippen molar-refractivity contribution in [3.05, 3.63) is 54.2 Å². The van der Waals surface area contributed by atoms with Crippen molar-refractivity contribution >= 4 is 34.8 Å². The van der Waals surface area contributed by atoms with Gasteiger partial charge in [0.2, 0.25) is 5.91 Å². The summed E-state index contributed by atoms with van der Waals surface area (Å²) in [5.74, 6) is -0.0643. The zero-order chi connectivity index (χ0) is 19.6. The molecule has 0 fully saturated rings. The van der Waals surface area contributed by atoms with E-state index in [0.29, 0.717) is 16.4 Å². The summed E-state index contributed by atoms with van der Waals surface area (Å²) in [7, 11) is 0. The first kappa shape index (κ1) is 19.1. The molecule has 0 spiro atoms. The number of hydrogen-bond acceptors (Lipinski definition) is 5. The highest BCUT2D eigenvalue weighted by Crippen LogP contribution is 2.25. The van der Waals surface area contributed by atoms with E-state index in [-0.39, 0.29) is 16.9 Å². The molecule has 0 aliphatic heterocycles. The van der Waals surface area contributed by atoms with Crippen molar-refractivity contribution < 1.29 is 9.59 Å². The maximum atomic E-state index is 12.7. The van der Waals surface area contributed by atoms with Gasteiger partial charge in [0.15, 0.2) is 16.6 Å². The van der Waals surface area contributed by atoms with Crippen molar-refractivity contribution in [2.75, 3.05) is 5.32 Å². The van der Waals surface area contributed by atoms with E-state index in [1.165, 1.54) is 11.8 Å². The number of pyridine rings is 1. The van der Waals surface area contributed by atoms with Gasteiger partial charge < -0.3 is 5.32 Å². The van der Waals surface area contributed by atoms with Crippen LogP contribution < -0.4 is 5.32 Å². The van der Waals surface area contributed by atoms with E-state index in [0.717, 1.165) is 5.65 Å². The second kappa shape index (κ2) is 7.52. The third-order valence-corrected chi connectivity index (χ3v) is 5.10. The molecule has 0 saturated heterocycles. The van der Waals surface area contributed by atoms with E-state index in [1.807, 2.05) is 56.5 Å². The summed E-state index contributed by atoms with van der Waals surface area (Å²) in [5, 5.41) is 11.5. The van der Waals surface area contributed by atoms with Crippen molar-refractivity contribution in [1.82, 2.24) is 14.6 Å². The van der Waals surface area contributed by atoms with E-state index in [1.54, 1.807) is 24.3 Å². The molecule has 0 unspecified atom stereocenters. The van der Waals surface area contributed by atoms with Gasteiger partial charge in [-0.15, -0.1) is 10.2 Å². The molecular weight excluding hydrogens is 360 g/mol. The number of anilines is 1. The number of carbonyl (C=O) groups excluding carboxylic acids is 2. The first-order chi connectivity index (χ1) is 12.8. The number of Topliss-reactive ketones (excluding diaryl/α,β-unsaturated/α-hetero) is 1. The van der Waals surface area contributed by atoms with Gasteiger partial charge in [-0.2, -0.15) is 0 Å². The lowest BCUT2D eigenvalue weighted by molar-refractivity contribution is -0.123. The smallest absolute Gasteiger partial charge is 0.229 e. The Balaban J connectivity index is 1.69. The number of thioether (sulfide) groups is 1. The van der Waals surface area contributed by atoms with Gasteiger partial charge in [-0.1, -0.05) is 38.6 Å². The average Bonchev–Trinajstić information content (AvgIpc) is 3.04. The van der Waals surface area contributed by atoms with E-state index in [2.05, 4.69) is 15.5 Å². The molecule has 3 aromatic rings. The van der Waals surface area contributed by atoms with Crippen LogP contribution in [-0.2, 0) is 4.79 Å². The molecule has 27 heavy (non-hydrogen) atoms. The van der Waals surface area contributed by atoms with Crippen LogP contribution in [0, 0.1) is 5.41 Å². The molecule has 0 bridgehead atoms. The largest absolute Gasteiger partial charge is 0.326 e. The summed E-state index contributed by atoms with van der Waals surface area (Å²) < 4.78 is 1.86. The molecule has 6 nitrogen and oxygen atoms in total. The van der Waals surface area contributed by atoms with Crippen LogP contribution in [0.3, 0.4) is 0 Å². The standard InChI is InChI=1S/C20H22N4O2S/c1-13(27-19-23-22-16-7-5-6-12-24(16)19)17(25)14-8-10-15(11-9-14)21-18(26)20(2,3)4/h5-13H,1-4H3,(H,21,26)/t13-/m0/s1. The summed E-state index contributed by atoms with van der Waals surface area (Å²) in [6, 6.07) is 12.6. The normalized spacial score (nSPS) is 12.7. The van der Waals surface area contributed by atoms with Crippen LogP contribution in [0.25, 0.3) is 5.65 Å². The molecule has 0 saturated carbocycles. The monoisotopic (exact) mass is 382 g/mol. The fourth-order valence-corrected chi connectivity index (χ4v) is 3.30. The highest BCUT2D eigenvalue weighted by molar-refractivity contribution is 8.00. The van der Waals surface area contributed by atoms with E-state index >= 15 is 0 Å². The fraction of sp³-hybridized carbons (Fsp3) is 0.300.